The van der Waals surface area contributed by atoms with E-state index in [-0.39, 0.29) is 12.3 Å². The molecule has 0 unspecified atom stereocenters. The van der Waals surface area contributed by atoms with Gasteiger partial charge >= 0.3 is 0 Å². The molecule has 1 aromatic rings. The first-order valence-electron chi connectivity index (χ1n) is 4.26. The number of aromatic nitrogens is 2. The van der Waals surface area contributed by atoms with Crippen LogP contribution in [0.5, 0.6) is 0 Å². The van der Waals surface area contributed by atoms with Gasteiger partial charge in [0.2, 0.25) is 5.24 Å². The molecular formula is C8H9BrClN3O2. The van der Waals surface area contributed by atoms with Crippen LogP contribution in [0.1, 0.15) is 23.3 Å². The summed E-state index contributed by atoms with van der Waals surface area (Å²) in [6, 6.07) is 0. The van der Waals surface area contributed by atoms with Crippen molar-refractivity contribution < 1.29 is 9.59 Å². The molecule has 1 heterocycles. The molecule has 0 atom stereocenters. The predicted octanol–water partition coefficient (Wildman–Crippen LogP) is 1.45. The Morgan fingerprint density at radius 3 is 2.87 bits per heavy atom. The third-order valence-electron chi connectivity index (χ3n) is 1.66. The summed E-state index contributed by atoms with van der Waals surface area (Å²) in [5, 5.41) is 8.48. The third kappa shape index (κ3) is 4.01. The number of hydrogen-bond acceptors (Lipinski definition) is 3. The zero-order valence-electron chi connectivity index (χ0n) is 7.72. The van der Waals surface area contributed by atoms with Crippen LogP contribution < -0.4 is 5.32 Å². The van der Waals surface area contributed by atoms with Crippen LogP contribution in [0.25, 0.3) is 0 Å². The van der Waals surface area contributed by atoms with Crippen LogP contribution in [0.15, 0.2) is 10.7 Å². The van der Waals surface area contributed by atoms with Crippen molar-refractivity contribution in [3.05, 3.63) is 16.4 Å². The number of amides is 1. The van der Waals surface area contributed by atoms with Crippen molar-refractivity contribution in [2.45, 2.75) is 12.8 Å². The summed E-state index contributed by atoms with van der Waals surface area (Å²) in [4.78, 5) is 21.8. The molecule has 0 saturated carbocycles. The molecule has 15 heavy (non-hydrogen) atoms. The van der Waals surface area contributed by atoms with E-state index in [4.69, 9.17) is 11.6 Å². The highest BCUT2D eigenvalue weighted by Gasteiger charge is 2.10. The SMILES string of the molecule is O=C(Cl)CCCNC(=O)c1[nH]ncc1Br. The molecule has 0 saturated heterocycles. The summed E-state index contributed by atoms with van der Waals surface area (Å²) in [5.41, 5.74) is 0.368. The minimum Gasteiger partial charge on any atom is -0.351 e. The van der Waals surface area contributed by atoms with Crippen molar-refractivity contribution in [1.82, 2.24) is 15.5 Å². The highest BCUT2D eigenvalue weighted by atomic mass is 79.9. The van der Waals surface area contributed by atoms with E-state index in [0.717, 1.165) is 0 Å². The Bertz CT molecular complexity index is 367. The van der Waals surface area contributed by atoms with Crippen molar-refractivity contribution >= 4 is 38.7 Å². The van der Waals surface area contributed by atoms with Gasteiger partial charge in [-0.1, -0.05) is 0 Å². The zero-order chi connectivity index (χ0) is 11.3. The number of nitrogens with zero attached hydrogens (tertiary/aromatic N) is 1. The largest absolute Gasteiger partial charge is 0.351 e. The highest BCUT2D eigenvalue weighted by Crippen LogP contribution is 2.11. The van der Waals surface area contributed by atoms with Crippen molar-refractivity contribution in [1.29, 1.82) is 0 Å². The van der Waals surface area contributed by atoms with Gasteiger partial charge in [0.25, 0.3) is 5.91 Å². The standard InChI is InChI=1S/C8H9BrClN3O2/c9-5-4-12-13-7(5)8(15)11-3-1-2-6(10)14/h4H,1-3H2,(H,11,15)(H,12,13). The van der Waals surface area contributed by atoms with Gasteiger partial charge < -0.3 is 5.32 Å². The van der Waals surface area contributed by atoms with Crippen molar-refractivity contribution in [3.63, 3.8) is 0 Å². The molecule has 0 spiro atoms. The van der Waals surface area contributed by atoms with Crippen LogP contribution in [-0.2, 0) is 4.79 Å². The molecule has 0 fully saturated rings. The maximum absolute atomic E-state index is 11.4. The Hall–Kier alpha value is -0.880. The third-order valence-corrected chi connectivity index (χ3v) is 2.45. The topological polar surface area (TPSA) is 74.8 Å². The summed E-state index contributed by atoms with van der Waals surface area (Å²) in [6.45, 7) is 0.406. The van der Waals surface area contributed by atoms with E-state index >= 15 is 0 Å². The minimum atomic E-state index is -0.396. The van der Waals surface area contributed by atoms with Gasteiger partial charge in [-0.05, 0) is 34.0 Å². The van der Waals surface area contributed by atoms with Gasteiger partial charge in [0.05, 0.1) is 10.7 Å². The normalized spacial score (nSPS) is 10.0. The van der Waals surface area contributed by atoms with Gasteiger partial charge in [-0.15, -0.1) is 0 Å². The molecule has 1 amide bonds. The Labute approximate surface area is 99.7 Å². The van der Waals surface area contributed by atoms with E-state index in [1.54, 1.807) is 0 Å². The van der Waals surface area contributed by atoms with E-state index in [1.807, 2.05) is 0 Å². The quantitative estimate of drug-likeness (QED) is 0.637. The first kappa shape index (κ1) is 12.2. The fourth-order valence-electron chi connectivity index (χ4n) is 0.948. The average Bonchev–Trinajstić information content (AvgIpc) is 2.58. The number of hydrogen-bond donors (Lipinski definition) is 2. The second kappa shape index (κ2) is 5.87. The monoisotopic (exact) mass is 293 g/mol. The molecule has 1 aromatic heterocycles. The highest BCUT2D eigenvalue weighted by molar-refractivity contribution is 9.10. The Kier molecular flexibility index (Phi) is 4.77. The van der Waals surface area contributed by atoms with Gasteiger partial charge in [-0.25, -0.2) is 0 Å². The Morgan fingerprint density at radius 1 is 1.60 bits per heavy atom. The summed E-state index contributed by atoms with van der Waals surface area (Å²) in [6.07, 6.45) is 2.28. The fraction of sp³-hybridized carbons (Fsp3) is 0.375. The maximum Gasteiger partial charge on any atom is 0.270 e. The first-order chi connectivity index (χ1) is 7.11. The van der Waals surface area contributed by atoms with Gasteiger partial charge in [-0.2, -0.15) is 5.10 Å². The molecule has 2 N–H and O–H groups in total. The number of rotatable bonds is 5. The van der Waals surface area contributed by atoms with Gasteiger partial charge in [0.1, 0.15) is 5.69 Å². The number of carbonyl (C=O) groups is 2. The van der Waals surface area contributed by atoms with Crippen LogP contribution in [0.3, 0.4) is 0 Å². The molecule has 0 aliphatic carbocycles. The summed E-state index contributed by atoms with van der Waals surface area (Å²) in [5.74, 6) is -0.263. The van der Waals surface area contributed by atoms with Gasteiger partial charge in [-0.3, -0.25) is 14.7 Å². The lowest BCUT2D eigenvalue weighted by atomic mass is 10.3. The van der Waals surface area contributed by atoms with Gasteiger partial charge in [0, 0.05) is 13.0 Å². The molecule has 0 aromatic carbocycles. The van der Waals surface area contributed by atoms with Gasteiger partial charge in [0.15, 0.2) is 0 Å². The molecule has 0 radical (unpaired) electrons. The van der Waals surface area contributed by atoms with Crippen LogP contribution in [0, 0.1) is 0 Å². The van der Waals surface area contributed by atoms with Crippen molar-refractivity contribution in [3.8, 4) is 0 Å². The van der Waals surface area contributed by atoms with Crippen LogP contribution in [0.2, 0.25) is 0 Å². The molecule has 5 nitrogen and oxygen atoms in total. The van der Waals surface area contributed by atoms with Crippen LogP contribution in [-0.4, -0.2) is 27.9 Å². The second-order valence-corrected chi connectivity index (χ2v) is 4.08. The van der Waals surface area contributed by atoms with E-state index in [0.29, 0.717) is 23.1 Å². The first-order valence-corrected chi connectivity index (χ1v) is 5.43. The van der Waals surface area contributed by atoms with E-state index in [9.17, 15) is 9.59 Å². The Balaban J connectivity index is 2.31. The lowest BCUT2D eigenvalue weighted by molar-refractivity contribution is -0.111. The maximum atomic E-state index is 11.4. The van der Waals surface area contributed by atoms with E-state index in [2.05, 4.69) is 31.4 Å². The summed E-state index contributed by atoms with van der Waals surface area (Å²) in [7, 11) is 0. The van der Waals surface area contributed by atoms with Crippen molar-refractivity contribution in [2.75, 3.05) is 6.54 Å². The van der Waals surface area contributed by atoms with Crippen molar-refractivity contribution in [2.24, 2.45) is 0 Å². The predicted molar refractivity (Wildman–Crippen MR) is 58.7 cm³/mol. The zero-order valence-corrected chi connectivity index (χ0v) is 10.1. The lowest BCUT2D eigenvalue weighted by Crippen LogP contribution is -2.25. The average molecular weight is 295 g/mol. The Morgan fingerprint density at radius 2 is 2.33 bits per heavy atom. The molecule has 0 bridgehead atoms. The van der Waals surface area contributed by atoms with E-state index in [1.165, 1.54) is 6.20 Å². The smallest absolute Gasteiger partial charge is 0.270 e. The number of aromatic amines is 1. The lowest BCUT2D eigenvalue weighted by Gasteiger charge is -2.01. The fourth-order valence-corrected chi connectivity index (χ4v) is 1.45. The number of H-pyrrole nitrogens is 1. The molecule has 1 rings (SSSR count). The summed E-state index contributed by atoms with van der Waals surface area (Å²) < 4.78 is 0.605. The molecule has 0 aliphatic rings. The number of halogens is 2. The van der Waals surface area contributed by atoms with E-state index < -0.39 is 5.24 Å². The number of carbonyl (C=O) groups excluding carboxylic acids is 2. The number of nitrogens with one attached hydrogen (secondary N) is 2. The van der Waals surface area contributed by atoms with Crippen LogP contribution >= 0.6 is 27.5 Å². The summed E-state index contributed by atoms with van der Waals surface area (Å²) >= 11 is 8.31. The second-order valence-electron chi connectivity index (χ2n) is 2.81. The van der Waals surface area contributed by atoms with Crippen LogP contribution in [0.4, 0.5) is 0 Å². The molecular weight excluding hydrogens is 285 g/mol. The molecule has 82 valence electrons. The molecule has 7 heteroatoms. The minimum absolute atomic E-state index is 0.256. The molecule has 0 aliphatic heterocycles.